The molecule has 0 aliphatic heterocycles. The summed E-state index contributed by atoms with van der Waals surface area (Å²) in [7, 11) is 0. The lowest BCUT2D eigenvalue weighted by atomic mass is 9.94. The van der Waals surface area contributed by atoms with E-state index in [2.05, 4.69) is 32.2 Å². The Bertz CT molecular complexity index is 502. The molecule has 1 heterocycles. The fourth-order valence-electron chi connectivity index (χ4n) is 3.03. The van der Waals surface area contributed by atoms with E-state index >= 15 is 0 Å². The van der Waals surface area contributed by atoms with E-state index in [9.17, 15) is 4.79 Å². The molecule has 0 saturated heterocycles. The van der Waals surface area contributed by atoms with Crippen molar-refractivity contribution in [2.45, 2.75) is 66.0 Å². The summed E-state index contributed by atoms with van der Waals surface area (Å²) in [6.07, 6.45) is 5.72. The number of hydrogen-bond donors (Lipinski definition) is 1. The molecule has 1 aromatic rings. The summed E-state index contributed by atoms with van der Waals surface area (Å²) < 4.78 is 2.04. The van der Waals surface area contributed by atoms with Gasteiger partial charge in [-0.2, -0.15) is 0 Å². The third-order valence-corrected chi connectivity index (χ3v) is 3.99. The summed E-state index contributed by atoms with van der Waals surface area (Å²) in [5, 5.41) is 3.40. The highest BCUT2D eigenvalue weighted by molar-refractivity contribution is 5.29. The van der Waals surface area contributed by atoms with Crippen LogP contribution in [0.1, 0.15) is 56.9 Å². The first-order valence-electron chi connectivity index (χ1n) is 8.08. The minimum Gasteiger partial charge on any atom is -0.312 e. The number of pyridine rings is 1. The first-order chi connectivity index (χ1) is 9.63. The number of hydrogen-bond acceptors (Lipinski definition) is 2. The number of rotatable bonds is 6. The van der Waals surface area contributed by atoms with Crippen LogP contribution in [0.15, 0.2) is 10.9 Å². The van der Waals surface area contributed by atoms with Gasteiger partial charge in [0.05, 0.1) is 0 Å². The fraction of sp³-hybridized carbons (Fsp3) is 0.706. The van der Waals surface area contributed by atoms with Gasteiger partial charge in [-0.25, -0.2) is 0 Å². The number of aryl methyl sites for hydroxylation is 1. The van der Waals surface area contributed by atoms with Gasteiger partial charge in [-0.3, -0.25) is 4.79 Å². The second-order valence-corrected chi connectivity index (χ2v) is 6.33. The smallest absolute Gasteiger partial charge is 0.255 e. The predicted octanol–water partition coefficient (Wildman–Crippen LogP) is 2.88. The van der Waals surface area contributed by atoms with Crippen molar-refractivity contribution >= 4 is 0 Å². The van der Waals surface area contributed by atoms with E-state index in [1.54, 1.807) is 0 Å². The Morgan fingerprint density at radius 3 is 2.75 bits per heavy atom. The lowest BCUT2D eigenvalue weighted by molar-refractivity contribution is 0.534. The van der Waals surface area contributed by atoms with Gasteiger partial charge in [0.25, 0.3) is 5.56 Å². The molecule has 1 aliphatic rings. The van der Waals surface area contributed by atoms with Crippen LogP contribution in [0.2, 0.25) is 0 Å². The molecule has 20 heavy (non-hydrogen) atoms. The number of fused-ring (bicyclic) bond motifs is 1. The zero-order chi connectivity index (χ0) is 14.5. The molecule has 1 aliphatic carbocycles. The third-order valence-electron chi connectivity index (χ3n) is 3.99. The summed E-state index contributed by atoms with van der Waals surface area (Å²) in [6, 6.07) is 2.16. The quantitative estimate of drug-likeness (QED) is 0.867. The lowest BCUT2D eigenvalue weighted by Gasteiger charge is -2.22. The molecule has 0 spiro atoms. The number of aromatic nitrogens is 1. The molecule has 3 nitrogen and oxygen atoms in total. The van der Waals surface area contributed by atoms with Gasteiger partial charge in [0.15, 0.2) is 0 Å². The van der Waals surface area contributed by atoms with Gasteiger partial charge in [-0.1, -0.05) is 20.8 Å². The molecule has 0 fully saturated rings. The van der Waals surface area contributed by atoms with Gasteiger partial charge in [0.1, 0.15) is 0 Å². The SMILES string of the molecule is CCCn1c2c(cc(CNCC(C)C)c1=O)CCCC2. The van der Waals surface area contributed by atoms with E-state index in [-0.39, 0.29) is 5.56 Å². The number of nitrogens with zero attached hydrogens (tertiary/aromatic N) is 1. The number of nitrogens with one attached hydrogen (secondary N) is 1. The van der Waals surface area contributed by atoms with E-state index in [0.717, 1.165) is 37.9 Å². The maximum atomic E-state index is 12.6. The van der Waals surface area contributed by atoms with Crippen LogP contribution in [0.3, 0.4) is 0 Å². The second-order valence-electron chi connectivity index (χ2n) is 6.33. The molecule has 0 atom stereocenters. The molecule has 1 aromatic heterocycles. The Morgan fingerprint density at radius 2 is 2.05 bits per heavy atom. The van der Waals surface area contributed by atoms with E-state index < -0.39 is 0 Å². The molecule has 0 saturated carbocycles. The average Bonchev–Trinajstić information content (AvgIpc) is 2.43. The molecule has 3 heteroatoms. The first-order valence-corrected chi connectivity index (χ1v) is 8.08. The average molecular weight is 276 g/mol. The van der Waals surface area contributed by atoms with Crippen LogP contribution in [0.4, 0.5) is 0 Å². The third kappa shape index (κ3) is 3.51. The fourth-order valence-corrected chi connectivity index (χ4v) is 3.03. The van der Waals surface area contributed by atoms with E-state index in [4.69, 9.17) is 0 Å². The Balaban J connectivity index is 2.28. The van der Waals surface area contributed by atoms with Crippen LogP contribution in [0, 0.1) is 5.92 Å². The topological polar surface area (TPSA) is 34.0 Å². The first kappa shape index (κ1) is 15.3. The summed E-state index contributed by atoms with van der Waals surface area (Å²) in [5.74, 6) is 0.616. The van der Waals surface area contributed by atoms with Crippen LogP contribution in [0.5, 0.6) is 0 Å². The molecule has 2 rings (SSSR count). The Labute approximate surface area is 122 Å². The molecule has 0 amide bonds. The highest BCUT2D eigenvalue weighted by Gasteiger charge is 2.17. The standard InChI is InChI=1S/C17H28N2O/c1-4-9-19-16-8-6-5-7-14(16)10-15(17(19)20)12-18-11-13(2)3/h10,13,18H,4-9,11-12H2,1-3H3. The molecule has 1 N–H and O–H groups in total. The van der Waals surface area contributed by atoms with Gasteiger partial charge in [0.2, 0.25) is 0 Å². The predicted molar refractivity (Wildman–Crippen MR) is 84.2 cm³/mol. The van der Waals surface area contributed by atoms with Crippen LogP contribution in [-0.4, -0.2) is 11.1 Å². The van der Waals surface area contributed by atoms with E-state index in [1.165, 1.54) is 24.1 Å². The summed E-state index contributed by atoms with van der Waals surface area (Å²) in [6.45, 7) is 9.05. The van der Waals surface area contributed by atoms with Crippen molar-refractivity contribution in [1.82, 2.24) is 9.88 Å². The molecule has 112 valence electrons. The highest BCUT2D eigenvalue weighted by Crippen LogP contribution is 2.21. The molecule has 0 aromatic carbocycles. The maximum Gasteiger partial charge on any atom is 0.255 e. The minimum absolute atomic E-state index is 0.226. The second kappa shape index (κ2) is 7.07. The van der Waals surface area contributed by atoms with Crippen molar-refractivity contribution < 1.29 is 0 Å². The van der Waals surface area contributed by atoms with Crippen molar-refractivity contribution in [3.8, 4) is 0 Å². The highest BCUT2D eigenvalue weighted by atomic mass is 16.1. The Hall–Kier alpha value is -1.09. The van der Waals surface area contributed by atoms with Gasteiger partial charge >= 0.3 is 0 Å². The van der Waals surface area contributed by atoms with E-state index in [0.29, 0.717) is 12.5 Å². The Morgan fingerprint density at radius 1 is 1.30 bits per heavy atom. The lowest BCUT2D eigenvalue weighted by Crippen LogP contribution is -2.32. The summed E-state index contributed by atoms with van der Waals surface area (Å²) >= 11 is 0. The molecule has 0 unspecified atom stereocenters. The largest absolute Gasteiger partial charge is 0.312 e. The molecule has 0 radical (unpaired) electrons. The Kier molecular flexibility index (Phi) is 5.41. The van der Waals surface area contributed by atoms with Gasteiger partial charge in [-0.15, -0.1) is 0 Å². The normalized spacial score (nSPS) is 14.6. The van der Waals surface area contributed by atoms with E-state index in [1.807, 2.05) is 4.57 Å². The minimum atomic E-state index is 0.226. The van der Waals surface area contributed by atoms with Gasteiger partial charge in [0, 0.05) is 24.3 Å². The van der Waals surface area contributed by atoms with Crippen molar-refractivity contribution in [3.63, 3.8) is 0 Å². The monoisotopic (exact) mass is 276 g/mol. The summed E-state index contributed by atoms with van der Waals surface area (Å²) in [4.78, 5) is 12.6. The van der Waals surface area contributed by atoms with Crippen molar-refractivity contribution in [1.29, 1.82) is 0 Å². The molecular formula is C17H28N2O. The van der Waals surface area contributed by atoms with Crippen molar-refractivity contribution in [2.75, 3.05) is 6.54 Å². The van der Waals surface area contributed by atoms with Crippen LogP contribution in [-0.2, 0) is 25.9 Å². The zero-order valence-corrected chi connectivity index (χ0v) is 13.2. The van der Waals surface area contributed by atoms with Crippen LogP contribution >= 0.6 is 0 Å². The van der Waals surface area contributed by atoms with Crippen LogP contribution in [0.25, 0.3) is 0 Å². The van der Waals surface area contributed by atoms with Crippen molar-refractivity contribution in [3.05, 3.63) is 33.2 Å². The van der Waals surface area contributed by atoms with Crippen LogP contribution < -0.4 is 10.9 Å². The van der Waals surface area contributed by atoms with Gasteiger partial charge in [-0.05, 0) is 56.2 Å². The van der Waals surface area contributed by atoms with Crippen molar-refractivity contribution in [2.24, 2.45) is 5.92 Å². The maximum absolute atomic E-state index is 12.6. The summed E-state index contributed by atoms with van der Waals surface area (Å²) in [5.41, 5.74) is 3.88. The molecule has 0 bridgehead atoms. The van der Waals surface area contributed by atoms with Gasteiger partial charge < -0.3 is 9.88 Å². The molecular weight excluding hydrogens is 248 g/mol. The zero-order valence-electron chi connectivity index (χ0n) is 13.2.